The fourth-order valence-electron chi connectivity index (χ4n) is 3.40. The van der Waals surface area contributed by atoms with Crippen molar-refractivity contribution >= 4 is 5.91 Å². The molecule has 126 valence electrons. The maximum Gasteiger partial charge on any atom is 0.254 e. The van der Waals surface area contributed by atoms with Gasteiger partial charge in [-0.2, -0.15) is 0 Å². The predicted molar refractivity (Wildman–Crippen MR) is 93.7 cm³/mol. The van der Waals surface area contributed by atoms with Crippen LogP contribution in [0.5, 0.6) is 0 Å². The number of aromatic nitrogens is 4. The fraction of sp³-hybridized carbons (Fsp3) is 0.263. The normalized spacial score (nSPS) is 17.0. The number of rotatable bonds is 3. The highest BCUT2D eigenvalue weighted by Gasteiger charge is 2.34. The number of nitrogens with zero attached hydrogens (tertiary/aromatic N) is 5. The van der Waals surface area contributed by atoms with Gasteiger partial charge in [0.15, 0.2) is 5.82 Å². The van der Waals surface area contributed by atoms with Crippen LogP contribution in [0, 0.1) is 0 Å². The van der Waals surface area contributed by atoms with Gasteiger partial charge >= 0.3 is 0 Å². The van der Waals surface area contributed by atoms with E-state index in [2.05, 4.69) is 15.0 Å². The first-order valence-corrected chi connectivity index (χ1v) is 8.40. The minimum absolute atomic E-state index is 0.0412. The van der Waals surface area contributed by atoms with Crippen LogP contribution >= 0.6 is 0 Å². The van der Waals surface area contributed by atoms with Crippen molar-refractivity contribution in [1.82, 2.24) is 24.4 Å². The van der Waals surface area contributed by atoms with E-state index in [1.54, 1.807) is 18.6 Å². The maximum atomic E-state index is 13.0. The Balaban J connectivity index is 1.72. The van der Waals surface area contributed by atoms with Gasteiger partial charge in [-0.15, -0.1) is 0 Å². The van der Waals surface area contributed by atoms with E-state index in [9.17, 15) is 4.79 Å². The number of amides is 1. The Bertz CT molecular complexity index is 890. The van der Waals surface area contributed by atoms with Gasteiger partial charge in [0.1, 0.15) is 5.69 Å². The Morgan fingerprint density at radius 2 is 1.88 bits per heavy atom. The molecule has 1 aliphatic rings. The summed E-state index contributed by atoms with van der Waals surface area (Å²) >= 11 is 0. The van der Waals surface area contributed by atoms with Crippen LogP contribution in [0.3, 0.4) is 0 Å². The van der Waals surface area contributed by atoms with E-state index in [0.717, 1.165) is 36.6 Å². The minimum atomic E-state index is -0.0758. The molecule has 2 aromatic heterocycles. The van der Waals surface area contributed by atoms with Gasteiger partial charge in [-0.3, -0.25) is 9.78 Å². The Labute approximate surface area is 146 Å². The number of carbonyl (C=O) groups is 1. The zero-order valence-electron chi connectivity index (χ0n) is 14.0. The van der Waals surface area contributed by atoms with Crippen molar-refractivity contribution in [3.05, 3.63) is 66.4 Å². The summed E-state index contributed by atoms with van der Waals surface area (Å²) in [6.45, 7) is 0.731. The topological polar surface area (TPSA) is 63.9 Å². The molecule has 0 radical (unpaired) electrons. The van der Waals surface area contributed by atoms with Crippen molar-refractivity contribution in [2.24, 2.45) is 7.05 Å². The van der Waals surface area contributed by atoms with Crippen LogP contribution in [0.4, 0.5) is 0 Å². The molecule has 6 heteroatoms. The van der Waals surface area contributed by atoms with Gasteiger partial charge in [0.05, 0.1) is 11.7 Å². The molecule has 1 atom stereocenters. The molecule has 1 amide bonds. The molecular formula is C19H19N5O. The highest BCUT2D eigenvalue weighted by molar-refractivity contribution is 5.94. The highest BCUT2D eigenvalue weighted by atomic mass is 16.2. The highest BCUT2D eigenvalue weighted by Crippen LogP contribution is 2.35. The number of imidazole rings is 1. The smallest absolute Gasteiger partial charge is 0.254 e. The summed E-state index contributed by atoms with van der Waals surface area (Å²) in [5.74, 6) is 0.807. The van der Waals surface area contributed by atoms with Gasteiger partial charge < -0.3 is 9.47 Å². The summed E-state index contributed by atoms with van der Waals surface area (Å²) < 4.78 is 1.92. The molecule has 25 heavy (non-hydrogen) atoms. The van der Waals surface area contributed by atoms with Crippen molar-refractivity contribution in [3.8, 4) is 11.5 Å². The first kappa shape index (κ1) is 15.5. The van der Waals surface area contributed by atoms with Crippen molar-refractivity contribution < 1.29 is 4.79 Å². The molecule has 1 aliphatic heterocycles. The molecular weight excluding hydrogens is 314 g/mol. The van der Waals surface area contributed by atoms with E-state index in [1.165, 1.54) is 0 Å². The van der Waals surface area contributed by atoms with E-state index >= 15 is 0 Å². The van der Waals surface area contributed by atoms with Crippen LogP contribution in [-0.2, 0) is 7.05 Å². The van der Waals surface area contributed by atoms with Crippen molar-refractivity contribution in [2.75, 3.05) is 6.54 Å². The van der Waals surface area contributed by atoms with Crippen LogP contribution in [0.2, 0.25) is 0 Å². The van der Waals surface area contributed by atoms with E-state index in [-0.39, 0.29) is 11.9 Å². The molecule has 1 fully saturated rings. The summed E-state index contributed by atoms with van der Waals surface area (Å²) in [6, 6.07) is 9.33. The van der Waals surface area contributed by atoms with Gasteiger partial charge in [-0.1, -0.05) is 18.2 Å². The van der Waals surface area contributed by atoms with Crippen LogP contribution in [0.15, 0.2) is 55.1 Å². The number of aryl methyl sites for hydroxylation is 1. The summed E-state index contributed by atoms with van der Waals surface area (Å²) in [4.78, 5) is 28.3. The van der Waals surface area contributed by atoms with Gasteiger partial charge in [-0.25, -0.2) is 9.97 Å². The second-order valence-corrected chi connectivity index (χ2v) is 6.17. The van der Waals surface area contributed by atoms with Crippen molar-refractivity contribution in [3.63, 3.8) is 0 Å². The number of likely N-dealkylation sites (tertiary alicyclic amines) is 1. The third-order valence-corrected chi connectivity index (χ3v) is 4.61. The number of hydrogen-bond acceptors (Lipinski definition) is 4. The molecule has 1 aromatic carbocycles. The Morgan fingerprint density at radius 3 is 2.64 bits per heavy atom. The SMILES string of the molecule is Cn1ccnc1-c1nccnc1C1CCCN1C(=O)c1ccccc1. The molecule has 0 aliphatic carbocycles. The first-order chi connectivity index (χ1) is 12.3. The third-order valence-electron chi connectivity index (χ3n) is 4.61. The van der Waals surface area contributed by atoms with Gasteiger partial charge in [-0.05, 0) is 25.0 Å². The summed E-state index contributed by atoms with van der Waals surface area (Å²) in [5.41, 5.74) is 2.27. The van der Waals surface area contributed by atoms with Crippen LogP contribution < -0.4 is 0 Å². The average molecular weight is 333 g/mol. The standard InChI is InChI=1S/C19H19N5O/c1-23-13-11-22-18(23)17-16(20-9-10-21-17)15-8-5-12-24(15)19(25)14-6-3-2-4-7-14/h2-4,6-7,9-11,13,15H,5,8,12H2,1H3. The summed E-state index contributed by atoms with van der Waals surface area (Å²) in [5, 5.41) is 0. The van der Waals surface area contributed by atoms with E-state index < -0.39 is 0 Å². The molecule has 3 aromatic rings. The van der Waals surface area contributed by atoms with E-state index in [4.69, 9.17) is 0 Å². The largest absolute Gasteiger partial charge is 0.333 e. The van der Waals surface area contributed by atoms with E-state index in [1.807, 2.05) is 53.0 Å². The Kier molecular flexibility index (Phi) is 4.01. The first-order valence-electron chi connectivity index (χ1n) is 8.40. The quantitative estimate of drug-likeness (QED) is 0.739. The average Bonchev–Trinajstić information content (AvgIpc) is 3.31. The second kappa shape index (κ2) is 6.47. The van der Waals surface area contributed by atoms with Crippen LogP contribution in [0.1, 0.15) is 34.9 Å². The van der Waals surface area contributed by atoms with Crippen LogP contribution in [-0.4, -0.2) is 36.9 Å². The Hall–Kier alpha value is -3.02. The molecule has 3 heterocycles. The summed E-state index contributed by atoms with van der Waals surface area (Å²) in [6.07, 6.45) is 8.83. The maximum absolute atomic E-state index is 13.0. The molecule has 6 nitrogen and oxygen atoms in total. The van der Waals surface area contributed by atoms with Gasteiger partial charge in [0.25, 0.3) is 5.91 Å². The van der Waals surface area contributed by atoms with E-state index in [0.29, 0.717) is 5.56 Å². The number of carbonyl (C=O) groups excluding carboxylic acids is 1. The number of hydrogen-bond donors (Lipinski definition) is 0. The fourth-order valence-corrected chi connectivity index (χ4v) is 3.40. The molecule has 0 bridgehead atoms. The predicted octanol–water partition coefficient (Wildman–Crippen LogP) is 2.85. The lowest BCUT2D eigenvalue weighted by molar-refractivity contribution is 0.0733. The number of benzene rings is 1. The lowest BCUT2D eigenvalue weighted by Crippen LogP contribution is -2.31. The summed E-state index contributed by atoms with van der Waals surface area (Å²) in [7, 11) is 1.93. The third kappa shape index (κ3) is 2.80. The molecule has 0 spiro atoms. The molecule has 0 N–H and O–H groups in total. The minimum Gasteiger partial charge on any atom is -0.333 e. The monoisotopic (exact) mass is 333 g/mol. The Morgan fingerprint density at radius 1 is 1.08 bits per heavy atom. The zero-order valence-corrected chi connectivity index (χ0v) is 14.0. The van der Waals surface area contributed by atoms with Crippen molar-refractivity contribution in [2.45, 2.75) is 18.9 Å². The van der Waals surface area contributed by atoms with Crippen LogP contribution in [0.25, 0.3) is 11.5 Å². The van der Waals surface area contributed by atoms with Gasteiger partial charge in [0.2, 0.25) is 0 Å². The molecule has 1 saturated heterocycles. The molecule has 4 rings (SSSR count). The van der Waals surface area contributed by atoms with Gasteiger partial charge in [0, 0.05) is 43.9 Å². The zero-order chi connectivity index (χ0) is 17.2. The second-order valence-electron chi connectivity index (χ2n) is 6.17. The lowest BCUT2D eigenvalue weighted by Gasteiger charge is -2.25. The molecule has 1 unspecified atom stereocenters. The lowest BCUT2D eigenvalue weighted by atomic mass is 10.1. The van der Waals surface area contributed by atoms with Crippen molar-refractivity contribution in [1.29, 1.82) is 0 Å². The molecule has 0 saturated carbocycles.